The molecule has 1 rings (SSSR count). The fourth-order valence-electron chi connectivity index (χ4n) is 2.13. The summed E-state index contributed by atoms with van der Waals surface area (Å²) in [5.41, 5.74) is 7.56. The van der Waals surface area contributed by atoms with E-state index in [1.54, 1.807) is 0 Å². The predicted octanol–water partition coefficient (Wildman–Crippen LogP) is 3.21. The number of rotatable bonds is 6. The molecule has 0 heterocycles. The smallest absolute Gasteiger partial charge is 0.313 e. The molecule has 0 saturated heterocycles. The van der Waals surface area contributed by atoms with E-state index in [1.807, 2.05) is 0 Å². The van der Waals surface area contributed by atoms with Crippen molar-refractivity contribution in [3.05, 3.63) is 35.4 Å². The quantitative estimate of drug-likeness (QED) is 0.476. The largest absolute Gasteiger partial charge is 0.393 e. The van der Waals surface area contributed by atoms with Crippen LogP contribution in [0.5, 0.6) is 0 Å². The number of benzene rings is 1. The molecule has 1 aromatic rings. The molecule has 1 unspecified atom stereocenters. The molecule has 0 spiro atoms. The third-order valence-corrected chi connectivity index (χ3v) is 3.20. The lowest BCUT2D eigenvalue weighted by Gasteiger charge is -2.12. The molecule has 0 saturated carbocycles. The van der Waals surface area contributed by atoms with E-state index in [-0.39, 0.29) is 12.3 Å². The second kappa shape index (κ2) is 7.68. The van der Waals surface area contributed by atoms with Crippen molar-refractivity contribution < 1.29 is 9.53 Å². The fourth-order valence-corrected chi connectivity index (χ4v) is 2.13. The number of carbonyl (C=O) groups excluding carboxylic acids is 1. The number of esters is 1. The third kappa shape index (κ3) is 5.87. The van der Waals surface area contributed by atoms with Gasteiger partial charge in [0.05, 0.1) is 0 Å². The number of hydrogen-bond donors (Lipinski definition) is 2. The van der Waals surface area contributed by atoms with Crippen LogP contribution in [0, 0.1) is 11.3 Å². The van der Waals surface area contributed by atoms with Crippen LogP contribution >= 0.6 is 0 Å². The van der Waals surface area contributed by atoms with Crippen molar-refractivity contribution in [2.45, 2.75) is 46.0 Å². The van der Waals surface area contributed by atoms with Crippen molar-refractivity contribution in [3.8, 4) is 0 Å². The summed E-state index contributed by atoms with van der Waals surface area (Å²) in [5.74, 6) is 0.489. The summed E-state index contributed by atoms with van der Waals surface area (Å²) in [6.07, 6.45) is 2.05. The molecule has 4 nitrogen and oxygen atoms in total. The van der Waals surface area contributed by atoms with Crippen molar-refractivity contribution in [1.82, 2.24) is 0 Å². The van der Waals surface area contributed by atoms with Gasteiger partial charge in [0.25, 0.3) is 6.02 Å². The Morgan fingerprint density at radius 3 is 2.35 bits per heavy atom. The Kier molecular flexibility index (Phi) is 6.22. The third-order valence-electron chi connectivity index (χ3n) is 3.20. The molecule has 1 atom stereocenters. The Morgan fingerprint density at radius 1 is 1.25 bits per heavy atom. The van der Waals surface area contributed by atoms with E-state index in [0.29, 0.717) is 12.3 Å². The zero-order chi connectivity index (χ0) is 15.1. The summed E-state index contributed by atoms with van der Waals surface area (Å²) in [5, 5.41) is 6.89. The molecule has 0 aliphatic heterocycles. The van der Waals surface area contributed by atoms with E-state index in [1.165, 1.54) is 11.1 Å². The summed E-state index contributed by atoms with van der Waals surface area (Å²) in [6.45, 7) is 6.49. The molecule has 0 aliphatic rings. The van der Waals surface area contributed by atoms with Crippen LogP contribution in [0.15, 0.2) is 24.3 Å². The van der Waals surface area contributed by atoms with Crippen LogP contribution in [0.1, 0.15) is 50.7 Å². The van der Waals surface area contributed by atoms with Crippen LogP contribution in [-0.2, 0) is 16.0 Å². The number of nitrogens with two attached hydrogens (primary N) is 1. The first-order chi connectivity index (χ1) is 9.38. The minimum atomic E-state index is -0.541. The summed E-state index contributed by atoms with van der Waals surface area (Å²) in [4.78, 5) is 11.3. The summed E-state index contributed by atoms with van der Waals surface area (Å²) in [6, 6.07) is 8.01. The van der Waals surface area contributed by atoms with E-state index >= 15 is 0 Å². The zero-order valence-corrected chi connectivity index (χ0v) is 12.5. The van der Waals surface area contributed by atoms with Gasteiger partial charge in [0.15, 0.2) is 0 Å². The normalized spacial score (nSPS) is 12.2. The van der Waals surface area contributed by atoms with Gasteiger partial charge in [0.2, 0.25) is 0 Å². The zero-order valence-electron chi connectivity index (χ0n) is 12.5. The molecule has 0 aromatic heterocycles. The predicted molar refractivity (Wildman–Crippen MR) is 80.6 cm³/mol. The van der Waals surface area contributed by atoms with Gasteiger partial charge in [-0.05, 0) is 35.8 Å². The van der Waals surface area contributed by atoms with E-state index < -0.39 is 12.0 Å². The van der Waals surface area contributed by atoms with E-state index in [0.717, 1.165) is 6.42 Å². The number of ether oxygens (including phenoxy) is 1. The molecule has 0 radical (unpaired) electrons. The van der Waals surface area contributed by atoms with Gasteiger partial charge in [-0.25, -0.2) is 0 Å². The van der Waals surface area contributed by atoms with Gasteiger partial charge in [0, 0.05) is 6.42 Å². The van der Waals surface area contributed by atoms with E-state index in [2.05, 4.69) is 49.8 Å². The molecule has 0 fully saturated rings. The summed E-state index contributed by atoms with van der Waals surface area (Å²) in [7, 11) is 0. The van der Waals surface area contributed by atoms with Crippen molar-refractivity contribution >= 4 is 12.0 Å². The molecule has 0 aliphatic carbocycles. The lowest BCUT2D eigenvalue weighted by Crippen LogP contribution is -2.19. The molecule has 4 heteroatoms. The first-order valence-electron chi connectivity index (χ1n) is 7.02. The number of nitrogens with one attached hydrogen (secondary N) is 1. The van der Waals surface area contributed by atoms with E-state index in [9.17, 15) is 4.79 Å². The molecule has 20 heavy (non-hydrogen) atoms. The second-order valence-electron chi connectivity index (χ2n) is 5.62. The molecular weight excluding hydrogens is 252 g/mol. The van der Waals surface area contributed by atoms with Crippen LogP contribution in [0.3, 0.4) is 0 Å². The first-order valence-corrected chi connectivity index (χ1v) is 7.02. The standard InChI is InChI=1S/C16H24N2O2/c1-11(2)10-13-5-7-14(8-6-13)12(3)4-9-15(19)20-16(17)18/h5-8,11-12H,4,9-10H2,1-3H3,(H3,17,18). The molecule has 0 bridgehead atoms. The Hall–Kier alpha value is -1.84. The van der Waals surface area contributed by atoms with Crippen LogP contribution in [0.2, 0.25) is 0 Å². The molecular formula is C16H24N2O2. The minimum Gasteiger partial charge on any atom is -0.393 e. The van der Waals surface area contributed by atoms with Crippen molar-refractivity contribution in [2.24, 2.45) is 11.7 Å². The minimum absolute atomic E-state index is 0.272. The molecule has 110 valence electrons. The molecule has 1 aromatic carbocycles. The van der Waals surface area contributed by atoms with Gasteiger partial charge in [-0.15, -0.1) is 0 Å². The highest BCUT2D eigenvalue weighted by atomic mass is 16.5. The Balaban J connectivity index is 2.49. The highest BCUT2D eigenvalue weighted by Crippen LogP contribution is 2.22. The number of hydrogen-bond acceptors (Lipinski definition) is 3. The summed E-state index contributed by atoms with van der Waals surface area (Å²) >= 11 is 0. The first kappa shape index (κ1) is 16.2. The second-order valence-corrected chi connectivity index (χ2v) is 5.62. The van der Waals surface area contributed by atoms with Gasteiger partial charge in [-0.2, -0.15) is 0 Å². The monoisotopic (exact) mass is 276 g/mol. The molecule has 3 N–H and O–H groups in total. The maximum atomic E-state index is 11.3. The van der Waals surface area contributed by atoms with Crippen molar-refractivity contribution in [1.29, 1.82) is 5.41 Å². The van der Waals surface area contributed by atoms with E-state index in [4.69, 9.17) is 11.1 Å². The van der Waals surface area contributed by atoms with Crippen LogP contribution < -0.4 is 5.73 Å². The maximum absolute atomic E-state index is 11.3. The average molecular weight is 276 g/mol. The van der Waals surface area contributed by atoms with Gasteiger partial charge >= 0.3 is 5.97 Å². The molecule has 0 amide bonds. The number of carbonyl (C=O) groups is 1. The highest BCUT2D eigenvalue weighted by Gasteiger charge is 2.11. The Bertz CT molecular complexity index is 452. The van der Waals surface area contributed by atoms with Crippen molar-refractivity contribution in [3.63, 3.8) is 0 Å². The van der Waals surface area contributed by atoms with Gasteiger partial charge in [0.1, 0.15) is 0 Å². The Morgan fingerprint density at radius 2 is 1.85 bits per heavy atom. The van der Waals surface area contributed by atoms with Gasteiger partial charge in [-0.1, -0.05) is 45.0 Å². The average Bonchev–Trinajstić information content (AvgIpc) is 2.35. The highest BCUT2D eigenvalue weighted by molar-refractivity contribution is 5.84. The topological polar surface area (TPSA) is 76.2 Å². The van der Waals surface area contributed by atoms with Crippen LogP contribution in [0.4, 0.5) is 0 Å². The lowest BCUT2D eigenvalue weighted by atomic mass is 9.94. The van der Waals surface area contributed by atoms with Crippen molar-refractivity contribution in [2.75, 3.05) is 0 Å². The Labute approximate surface area is 120 Å². The lowest BCUT2D eigenvalue weighted by molar-refractivity contribution is -0.135. The number of amidine groups is 1. The maximum Gasteiger partial charge on any atom is 0.313 e. The summed E-state index contributed by atoms with van der Waals surface area (Å²) < 4.78 is 4.52. The van der Waals surface area contributed by atoms with Crippen LogP contribution in [0.25, 0.3) is 0 Å². The van der Waals surface area contributed by atoms with Crippen LogP contribution in [-0.4, -0.2) is 12.0 Å². The SMILES string of the molecule is CC(C)Cc1ccc(C(C)CCC(=O)OC(=N)N)cc1. The fraction of sp³-hybridized carbons (Fsp3) is 0.500. The van der Waals surface area contributed by atoms with Gasteiger partial charge in [-0.3, -0.25) is 10.2 Å². The van der Waals surface area contributed by atoms with Gasteiger partial charge < -0.3 is 10.5 Å².